The van der Waals surface area contributed by atoms with Crippen molar-refractivity contribution in [2.24, 2.45) is 0 Å². The van der Waals surface area contributed by atoms with Crippen molar-refractivity contribution in [3.8, 4) is 0 Å². The van der Waals surface area contributed by atoms with Crippen LogP contribution in [-0.2, 0) is 9.05 Å². The highest BCUT2D eigenvalue weighted by molar-refractivity contribution is 8.14. The summed E-state index contributed by atoms with van der Waals surface area (Å²) < 4.78 is 23.0. The van der Waals surface area contributed by atoms with E-state index in [1.165, 1.54) is 6.07 Å². The van der Waals surface area contributed by atoms with E-state index in [0.29, 0.717) is 5.39 Å². The molecule has 0 heterocycles. The lowest BCUT2D eigenvalue weighted by atomic mass is 10.1. The molecule has 0 spiro atoms. The van der Waals surface area contributed by atoms with Gasteiger partial charge in [-0.3, -0.25) is 0 Å². The number of hydrogen-bond donors (Lipinski definition) is 2. The van der Waals surface area contributed by atoms with Gasteiger partial charge in [0.05, 0.1) is 4.90 Å². The van der Waals surface area contributed by atoms with E-state index in [4.69, 9.17) is 25.7 Å². The van der Waals surface area contributed by atoms with Crippen LogP contribution >= 0.6 is 10.7 Å². The fourth-order valence-corrected chi connectivity index (χ4v) is 2.95. The molecule has 8 heteroatoms. The highest BCUT2D eigenvalue weighted by Gasteiger charge is 2.15. The van der Waals surface area contributed by atoms with Gasteiger partial charge >= 0.3 is 6.16 Å². The van der Waals surface area contributed by atoms with Gasteiger partial charge in [0.15, 0.2) is 0 Å². The molecular formula is C13H14ClNO5S. The summed E-state index contributed by atoms with van der Waals surface area (Å²) in [5, 5.41) is 15.5. The lowest BCUT2D eigenvalue weighted by Gasteiger charge is -2.16. The zero-order chi connectivity index (χ0) is 16.2. The largest absolute Gasteiger partial charge is 0.503 e. The fourth-order valence-electron chi connectivity index (χ4n) is 1.87. The van der Waals surface area contributed by atoms with Crippen molar-refractivity contribution >= 4 is 42.3 Å². The topological polar surface area (TPSA) is 94.9 Å². The van der Waals surface area contributed by atoms with E-state index < -0.39 is 15.2 Å². The second kappa shape index (κ2) is 6.64. The Kier molecular flexibility index (Phi) is 5.40. The van der Waals surface area contributed by atoms with Gasteiger partial charge in [-0.1, -0.05) is 24.3 Å². The Morgan fingerprint density at radius 3 is 2.00 bits per heavy atom. The molecule has 0 fully saturated rings. The lowest BCUT2D eigenvalue weighted by Crippen LogP contribution is -2.09. The van der Waals surface area contributed by atoms with Gasteiger partial charge in [0.1, 0.15) is 0 Å². The average molecular weight is 332 g/mol. The van der Waals surface area contributed by atoms with E-state index in [1.807, 2.05) is 37.2 Å². The molecule has 0 aromatic heterocycles. The summed E-state index contributed by atoms with van der Waals surface area (Å²) in [7, 11) is 5.54. The maximum atomic E-state index is 11.5. The molecule has 0 aliphatic rings. The molecule has 2 N–H and O–H groups in total. The molecule has 0 aliphatic carbocycles. The van der Waals surface area contributed by atoms with E-state index in [9.17, 15) is 8.42 Å². The number of hydrogen-bond acceptors (Lipinski definition) is 4. The third-order valence-electron chi connectivity index (χ3n) is 2.60. The Balaban J connectivity index is 0.000000491. The van der Waals surface area contributed by atoms with Gasteiger partial charge in [-0.05, 0) is 12.1 Å². The molecule has 0 atom stereocenters. The first-order valence-corrected chi connectivity index (χ1v) is 8.01. The van der Waals surface area contributed by atoms with Crippen LogP contribution in [0.15, 0.2) is 41.3 Å². The van der Waals surface area contributed by atoms with Crippen LogP contribution in [0.5, 0.6) is 0 Å². The maximum Gasteiger partial charge on any atom is 0.503 e. The van der Waals surface area contributed by atoms with Gasteiger partial charge in [0, 0.05) is 41.2 Å². The van der Waals surface area contributed by atoms with Crippen molar-refractivity contribution in [2.75, 3.05) is 19.0 Å². The Hall–Kier alpha value is -1.99. The Morgan fingerprint density at radius 1 is 1.05 bits per heavy atom. The van der Waals surface area contributed by atoms with Gasteiger partial charge in [-0.15, -0.1) is 0 Å². The predicted octanol–water partition coefficient (Wildman–Crippen LogP) is 3.06. The Bertz CT molecular complexity index is 754. The monoisotopic (exact) mass is 331 g/mol. The molecule has 2 rings (SSSR count). The van der Waals surface area contributed by atoms with Crippen molar-refractivity contribution in [3.63, 3.8) is 0 Å². The zero-order valence-electron chi connectivity index (χ0n) is 11.3. The van der Waals surface area contributed by atoms with E-state index in [0.717, 1.165) is 11.1 Å². The molecule has 0 radical (unpaired) electrons. The van der Waals surface area contributed by atoms with Crippen molar-refractivity contribution in [1.29, 1.82) is 0 Å². The second-order valence-electron chi connectivity index (χ2n) is 4.24. The molecule has 21 heavy (non-hydrogen) atoms. The van der Waals surface area contributed by atoms with Crippen LogP contribution in [0.1, 0.15) is 0 Å². The molecule has 0 unspecified atom stereocenters. The number of carboxylic acid groups (broad SMARTS) is 2. The van der Waals surface area contributed by atoms with E-state index in [-0.39, 0.29) is 4.90 Å². The highest BCUT2D eigenvalue weighted by Crippen LogP contribution is 2.31. The molecular weight excluding hydrogens is 318 g/mol. The Labute approximate surface area is 126 Å². The molecule has 114 valence electrons. The zero-order valence-corrected chi connectivity index (χ0v) is 12.9. The summed E-state index contributed by atoms with van der Waals surface area (Å²) in [6.07, 6.45) is -1.83. The van der Waals surface area contributed by atoms with Gasteiger partial charge in [-0.25, -0.2) is 13.2 Å². The number of nitrogens with zero attached hydrogens (tertiary/aromatic N) is 1. The van der Waals surface area contributed by atoms with Crippen LogP contribution in [0.2, 0.25) is 0 Å². The molecule has 0 saturated carbocycles. The van der Waals surface area contributed by atoms with E-state index in [2.05, 4.69) is 0 Å². The summed E-state index contributed by atoms with van der Waals surface area (Å²) in [6.45, 7) is 0. The van der Waals surface area contributed by atoms with Crippen LogP contribution < -0.4 is 4.90 Å². The predicted molar refractivity (Wildman–Crippen MR) is 82.0 cm³/mol. The molecule has 0 aliphatic heterocycles. The summed E-state index contributed by atoms with van der Waals surface area (Å²) in [4.78, 5) is 10.6. The minimum Gasteiger partial charge on any atom is -0.450 e. The summed E-state index contributed by atoms with van der Waals surface area (Å²) >= 11 is 0. The van der Waals surface area contributed by atoms with Gasteiger partial charge in [0.25, 0.3) is 9.05 Å². The quantitative estimate of drug-likeness (QED) is 0.821. The van der Waals surface area contributed by atoms with Crippen LogP contribution in [-0.4, -0.2) is 38.9 Å². The number of carbonyl (C=O) groups is 1. The fraction of sp³-hybridized carbons (Fsp3) is 0.154. The van der Waals surface area contributed by atoms with Crippen LogP contribution in [0.4, 0.5) is 10.5 Å². The standard InChI is InChI=1S/C12H12ClNO2S.CH2O3/c1-14(2)11-7-3-6-10-9(11)5-4-8-12(10)17(13,15)16;2-1(3)4/h3-8H,1-2H3;(H2,2,3,4). The minimum atomic E-state index is -3.72. The number of anilines is 1. The van der Waals surface area contributed by atoms with Crippen molar-refractivity contribution in [2.45, 2.75) is 4.90 Å². The highest BCUT2D eigenvalue weighted by atomic mass is 35.7. The number of fused-ring (bicyclic) bond motifs is 1. The molecule has 0 bridgehead atoms. The number of benzene rings is 2. The third-order valence-corrected chi connectivity index (χ3v) is 3.98. The molecule has 2 aromatic carbocycles. The second-order valence-corrected chi connectivity index (χ2v) is 6.78. The van der Waals surface area contributed by atoms with Crippen LogP contribution in [0.25, 0.3) is 10.8 Å². The maximum absolute atomic E-state index is 11.5. The lowest BCUT2D eigenvalue weighted by molar-refractivity contribution is 0.137. The summed E-state index contributed by atoms with van der Waals surface area (Å²) in [5.74, 6) is 0. The van der Waals surface area contributed by atoms with E-state index in [1.54, 1.807) is 12.1 Å². The summed E-state index contributed by atoms with van der Waals surface area (Å²) in [5.41, 5.74) is 0.963. The molecule has 0 amide bonds. The molecule has 0 saturated heterocycles. The van der Waals surface area contributed by atoms with Crippen LogP contribution in [0, 0.1) is 0 Å². The minimum absolute atomic E-state index is 0.153. The first-order valence-electron chi connectivity index (χ1n) is 5.70. The van der Waals surface area contributed by atoms with Crippen molar-refractivity contribution in [1.82, 2.24) is 0 Å². The third kappa shape index (κ3) is 4.51. The van der Waals surface area contributed by atoms with Gasteiger partial charge in [0.2, 0.25) is 0 Å². The van der Waals surface area contributed by atoms with Gasteiger partial charge < -0.3 is 15.1 Å². The summed E-state index contributed by atoms with van der Waals surface area (Å²) in [6, 6.07) is 10.6. The van der Waals surface area contributed by atoms with Gasteiger partial charge in [-0.2, -0.15) is 0 Å². The van der Waals surface area contributed by atoms with E-state index >= 15 is 0 Å². The first-order chi connectivity index (χ1) is 9.64. The molecule has 2 aromatic rings. The van der Waals surface area contributed by atoms with Crippen molar-refractivity contribution in [3.05, 3.63) is 36.4 Å². The normalized spacial score (nSPS) is 10.6. The smallest absolute Gasteiger partial charge is 0.450 e. The number of halogens is 1. The average Bonchev–Trinajstić information content (AvgIpc) is 2.35. The Morgan fingerprint density at radius 2 is 1.52 bits per heavy atom. The molecule has 6 nitrogen and oxygen atoms in total. The first kappa shape index (κ1) is 17.1. The number of rotatable bonds is 2. The SMILES string of the molecule is CN(C)c1cccc2c(S(=O)(=O)Cl)cccc12.O=C(O)O. The van der Waals surface area contributed by atoms with Crippen LogP contribution in [0.3, 0.4) is 0 Å². The van der Waals surface area contributed by atoms with Crippen molar-refractivity contribution < 1.29 is 23.4 Å².